The molecule has 2 N–H and O–H groups in total. The Balaban J connectivity index is 3.39. The molecule has 0 aliphatic heterocycles. The predicted molar refractivity (Wildman–Crippen MR) is 54.3 cm³/mol. The number of hydrogen-bond acceptors (Lipinski definition) is 4. The van der Waals surface area contributed by atoms with Crippen molar-refractivity contribution in [1.29, 1.82) is 0 Å². The van der Waals surface area contributed by atoms with Gasteiger partial charge in [-0.05, 0) is 6.07 Å². The first-order chi connectivity index (χ1) is 7.51. The number of carbonyl (C=O) groups is 2. The van der Waals surface area contributed by atoms with Gasteiger partial charge in [-0.3, -0.25) is 9.59 Å². The van der Waals surface area contributed by atoms with Crippen LogP contribution in [0.15, 0.2) is 6.07 Å². The van der Waals surface area contributed by atoms with E-state index in [4.69, 9.17) is 0 Å². The van der Waals surface area contributed by atoms with Crippen molar-refractivity contribution in [2.45, 2.75) is 6.92 Å². The number of nitrogens with one attached hydrogen (secondary N) is 1. The van der Waals surface area contributed by atoms with E-state index in [0.29, 0.717) is 6.29 Å². The average Bonchev–Trinajstić information content (AvgIpc) is 2.22. The second-order valence-electron chi connectivity index (χ2n) is 3.01. The normalized spacial score (nSPS) is 9.69. The Kier molecular flexibility index (Phi) is 3.44. The highest BCUT2D eigenvalue weighted by Gasteiger charge is 2.18. The lowest BCUT2D eigenvalue weighted by Crippen LogP contribution is -2.09. The van der Waals surface area contributed by atoms with E-state index in [1.54, 1.807) is 0 Å². The summed E-state index contributed by atoms with van der Waals surface area (Å²) in [5.41, 5.74) is -0.383. The smallest absolute Gasteiger partial charge is 0.221 e. The number of halogens is 1. The molecule has 1 amide bonds. The molecule has 86 valence electrons. The number of aromatic hydroxyl groups is 1. The Hall–Kier alpha value is -2.11. The first kappa shape index (κ1) is 12.0. The summed E-state index contributed by atoms with van der Waals surface area (Å²) >= 11 is 0. The monoisotopic (exact) mass is 227 g/mol. The van der Waals surface area contributed by atoms with Gasteiger partial charge in [0.2, 0.25) is 5.91 Å². The maximum atomic E-state index is 13.6. The van der Waals surface area contributed by atoms with Crippen LogP contribution in [0.5, 0.6) is 11.5 Å². The molecule has 1 rings (SSSR count). The molecular formula is C10H10FNO4. The number of amides is 1. The molecule has 0 aliphatic rings. The molecule has 0 aromatic heterocycles. The third kappa shape index (κ3) is 2.10. The third-order valence-corrected chi connectivity index (χ3v) is 1.87. The van der Waals surface area contributed by atoms with Gasteiger partial charge >= 0.3 is 0 Å². The molecule has 0 atom stereocenters. The molecule has 0 saturated heterocycles. The fourth-order valence-corrected chi connectivity index (χ4v) is 1.20. The number of methoxy groups -OCH3 is 1. The average molecular weight is 227 g/mol. The van der Waals surface area contributed by atoms with Crippen molar-refractivity contribution in [2.24, 2.45) is 0 Å². The van der Waals surface area contributed by atoms with Crippen LogP contribution in [-0.2, 0) is 4.79 Å². The molecule has 1 aromatic rings. The Bertz CT molecular complexity index is 445. The van der Waals surface area contributed by atoms with Crippen molar-refractivity contribution in [1.82, 2.24) is 0 Å². The van der Waals surface area contributed by atoms with Crippen molar-refractivity contribution in [2.75, 3.05) is 12.4 Å². The highest BCUT2D eigenvalue weighted by molar-refractivity contribution is 5.92. The number of phenols is 1. The lowest BCUT2D eigenvalue weighted by atomic mass is 10.1. The van der Waals surface area contributed by atoms with Crippen LogP contribution in [0, 0.1) is 5.82 Å². The molecule has 0 saturated carbocycles. The van der Waals surface area contributed by atoms with Crippen molar-refractivity contribution < 1.29 is 23.8 Å². The van der Waals surface area contributed by atoms with Gasteiger partial charge in [0.15, 0.2) is 23.6 Å². The fraction of sp³-hybridized carbons (Fsp3) is 0.200. The molecule has 0 unspecified atom stereocenters. The van der Waals surface area contributed by atoms with E-state index < -0.39 is 23.2 Å². The Morgan fingerprint density at radius 3 is 2.69 bits per heavy atom. The van der Waals surface area contributed by atoms with E-state index in [-0.39, 0.29) is 11.3 Å². The van der Waals surface area contributed by atoms with Crippen molar-refractivity contribution in [3.8, 4) is 11.5 Å². The largest absolute Gasteiger partial charge is 0.504 e. The number of carbonyl (C=O) groups excluding carboxylic acids is 2. The van der Waals surface area contributed by atoms with E-state index in [1.165, 1.54) is 6.92 Å². The van der Waals surface area contributed by atoms with Gasteiger partial charge in [0.05, 0.1) is 18.4 Å². The molecule has 0 heterocycles. The number of phenolic OH excluding ortho intramolecular Hbond substituents is 1. The zero-order valence-corrected chi connectivity index (χ0v) is 8.70. The lowest BCUT2D eigenvalue weighted by Gasteiger charge is -2.11. The molecule has 16 heavy (non-hydrogen) atoms. The van der Waals surface area contributed by atoms with Gasteiger partial charge in [-0.1, -0.05) is 0 Å². The van der Waals surface area contributed by atoms with Crippen LogP contribution in [-0.4, -0.2) is 24.4 Å². The number of aldehydes is 1. The molecule has 0 fully saturated rings. The maximum absolute atomic E-state index is 13.6. The summed E-state index contributed by atoms with van der Waals surface area (Å²) in [7, 11) is 1.14. The number of benzene rings is 1. The standard InChI is InChI=1S/C10H10FNO4/c1-5(14)12-7-3-6(4-13)9(15)10(16-2)8(7)11/h3-4,15H,1-2H3,(H,12,14). The van der Waals surface area contributed by atoms with Crippen molar-refractivity contribution in [3.63, 3.8) is 0 Å². The lowest BCUT2D eigenvalue weighted by molar-refractivity contribution is -0.114. The first-order valence-corrected chi connectivity index (χ1v) is 4.33. The zero-order valence-electron chi connectivity index (χ0n) is 8.70. The van der Waals surface area contributed by atoms with Gasteiger partial charge < -0.3 is 15.2 Å². The summed E-state index contributed by atoms with van der Waals surface area (Å²) in [5, 5.41) is 11.6. The highest BCUT2D eigenvalue weighted by Crippen LogP contribution is 2.36. The van der Waals surface area contributed by atoms with Crippen LogP contribution in [0.4, 0.5) is 10.1 Å². The van der Waals surface area contributed by atoms with E-state index in [9.17, 15) is 19.1 Å². The van der Waals surface area contributed by atoms with E-state index >= 15 is 0 Å². The number of rotatable bonds is 3. The minimum atomic E-state index is -0.930. The summed E-state index contributed by atoms with van der Waals surface area (Å²) in [4.78, 5) is 21.4. The number of ether oxygens (including phenoxy) is 1. The highest BCUT2D eigenvalue weighted by atomic mass is 19.1. The number of hydrogen-bond donors (Lipinski definition) is 2. The zero-order chi connectivity index (χ0) is 12.3. The van der Waals surface area contributed by atoms with Gasteiger partial charge in [-0.15, -0.1) is 0 Å². The summed E-state index contributed by atoms with van der Waals surface area (Å²) in [6.07, 6.45) is 0.336. The predicted octanol–water partition coefficient (Wildman–Crippen LogP) is 1.31. The van der Waals surface area contributed by atoms with Gasteiger partial charge in [-0.25, -0.2) is 4.39 Å². The summed E-state index contributed by atoms with van der Waals surface area (Å²) in [6, 6.07) is 1.03. The molecule has 0 spiro atoms. The first-order valence-electron chi connectivity index (χ1n) is 4.33. The second kappa shape index (κ2) is 4.61. The molecule has 6 heteroatoms. The van der Waals surface area contributed by atoms with Crippen LogP contribution in [0.2, 0.25) is 0 Å². The Morgan fingerprint density at radius 1 is 1.62 bits per heavy atom. The molecular weight excluding hydrogens is 217 g/mol. The Labute approximate surface area is 90.8 Å². The molecule has 0 bridgehead atoms. The number of anilines is 1. The van der Waals surface area contributed by atoms with Crippen molar-refractivity contribution >= 4 is 17.9 Å². The third-order valence-electron chi connectivity index (χ3n) is 1.87. The second-order valence-corrected chi connectivity index (χ2v) is 3.01. The minimum absolute atomic E-state index is 0.165. The van der Waals surface area contributed by atoms with Crippen LogP contribution >= 0.6 is 0 Å². The van der Waals surface area contributed by atoms with Crippen molar-refractivity contribution in [3.05, 3.63) is 17.4 Å². The van der Waals surface area contributed by atoms with Gasteiger partial charge in [0, 0.05) is 6.92 Å². The fourth-order valence-electron chi connectivity index (χ4n) is 1.20. The van der Waals surface area contributed by atoms with Crippen LogP contribution in [0.3, 0.4) is 0 Å². The molecule has 1 aromatic carbocycles. The maximum Gasteiger partial charge on any atom is 0.221 e. The SMILES string of the molecule is COc1c(O)c(C=O)cc(NC(C)=O)c1F. The van der Waals surface area contributed by atoms with Gasteiger partial charge in [0.1, 0.15) is 0 Å². The van der Waals surface area contributed by atoms with Crippen LogP contribution < -0.4 is 10.1 Å². The topological polar surface area (TPSA) is 75.6 Å². The Morgan fingerprint density at radius 2 is 2.25 bits per heavy atom. The molecule has 0 aliphatic carbocycles. The van der Waals surface area contributed by atoms with Crippen LogP contribution in [0.1, 0.15) is 17.3 Å². The molecule has 0 radical (unpaired) electrons. The summed E-state index contributed by atoms with van der Waals surface area (Å²) < 4.78 is 18.2. The molecule has 5 nitrogen and oxygen atoms in total. The minimum Gasteiger partial charge on any atom is -0.504 e. The van der Waals surface area contributed by atoms with Gasteiger partial charge in [-0.2, -0.15) is 0 Å². The quantitative estimate of drug-likeness (QED) is 0.603. The summed E-state index contributed by atoms with van der Waals surface area (Å²) in [5.74, 6) is -2.50. The van der Waals surface area contributed by atoms with E-state index in [2.05, 4.69) is 10.1 Å². The van der Waals surface area contributed by atoms with E-state index in [0.717, 1.165) is 13.2 Å². The van der Waals surface area contributed by atoms with E-state index in [1.807, 2.05) is 0 Å². The van der Waals surface area contributed by atoms with Gasteiger partial charge in [0.25, 0.3) is 0 Å². The summed E-state index contributed by atoms with van der Waals surface area (Å²) in [6.45, 7) is 1.19. The van der Waals surface area contributed by atoms with Crippen LogP contribution in [0.25, 0.3) is 0 Å².